The Kier molecular flexibility index (Phi) is 45.6. The molecule has 0 aromatic carbocycles. The fraction of sp³-hybridized carbons (Fsp3) is 1.00. The summed E-state index contributed by atoms with van der Waals surface area (Å²) in [4.78, 5) is 0. The van der Waals surface area contributed by atoms with E-state index in [2.05, 4.69) is 72.0 Å². The van der Waals surface area contributed by atoms with Crippen molar-refractivity contribution >= 4 is 33.5 Å². The Morgan fingerprint density at radius 2 is 0.478 bits per heavy atom. The number of halogens is 1. The first-order valence-electron chi connectivity index (χ1n) is 9.68. The summed E-state index contributed by atoms with van der Waals surface area (Å²) in [5.41, 5.74) is 0. The van der Waals surface area contributed by atoms with Crippen molar-refractivity contribution in [3.63, 3.8) is 0 Å². The molecule has 0 amide bonds. The molecule has 0 aliphatic carbocycles. The summed E-state index contributed by atoms with van der Waals surface area (Å²) >= 11 is 1.82. The zero-order chi connectivity index (χ0) is 19.1. The van der Waals surface area contributed by atoms with E-state index in [-0.39, 0.29) is 23.8 Å². The predicted octanol–water partition coefficient (Wildman–Crippen LogP) is 7.47. The van der Waals surface area contributed by atoms with Crippen LogP contribution in [-0.2, 0) is 17.3 Å². The minimum absolute atomic E-state index is 0.137. The fourth-order valence-corrected chi connectivity index (χ4v) is 6.75. The van der Waals surface area contributed by atoms with E-state index in [1.807, 2.05) is 17.3 Å². The molecule has 0 aromatic rings. The van der Waals surface area contributed by atoms with E-state index in [1.165, 1.54) is 55.5 Å². The standard InChI is InChI=1S/3C6H15P.ClH.Ru/c3*1-4-7(5-2)6-3;;/h3*4-6H2,1-3H3;1H;/q;;;;+1/p+2. The van der Waals surface area contributed by atoms with Gasteiger partial charge in [-0.3, -0.25) is 0 Å². The Morgan fingerprint density at radius 1 is 0.391 bits per heavy atom. The van der Waals surface area contributed by atoms with Crippen molar-refractivity contribution in [1.29, 1.82) is 0 Å². The average molecular weight is 494 g/mol. The van der Waals surface area contributed by atoms with E-state index in [1.54, 1.807) is 0 Å². The molecule has 0 spiro atoms. The molecule has 0 aliphatic heterocycles. The summed E-state index contributed by atoms with van der Waals surface area (Å²) in [7, 11) is 4.98. The molecule has 5 heteroatoms. The van der Waals surface area contributed by atoms with Crippen LogP contribution in [0.15, 0.2) is 0 Å². The third kappa shape index (κ3) is 29.2. The van der Waals surface area contributed by atoms with Crippen LogP contribution in [0, 0.1) is 0 Å². The van der Waals surface area contributed by atoms with E-state index in [9.17, 15) is 0 Å². The maximum atomic E-state index is 4.57. The normalized spacial score (nSPS) is 9.65. The molecule has 0 atom stereocenters. The first kappa shape index (κ1) is 32.8. The van der Waals surface area contributed by atoms with Crippen LogP contribution in [0.5, 0.6) is 0 Å². The van der Waals surface area contributed by atoms with Crippen LogP contribution in [0.1, 0.15) is 62.3 Å². The van der Waals surface area contributed by atoms with Crippen LogP contribution in [0.3, 0.4) is 0 Å². The molecule has 0 fully saturated rings. The molecule has 0 rings (SSSR count). The van der Waals surface area contributed by atoms with Gasteiger partial charge in [0.25, 0.3) is 0 Å². The van der Waals surface area contributed by atoms with Gasteiger partial charge in [-0.1, -0.05) is 0 Å². The second kappa shape index (κ2) is 31.9. The van der Waals surface area contributed by atoms with Gasteiger partial charge in [0.15, 0.2) is 0 Å². The number of rotatable bonds is 9. The molecule has 0 N–H and O–H groups in total. The summed E-state index contributed by atoms with van der Waals surface area (Å²) in [6.07, 6.45) is 13.1. The summed E-state index contributed by atoms with van der Waals surface area (Å²) in [6.45, 7) is 20.8. The Balaban J connectivity index is -0.000000111. The first-order chi connectivity index (χ1) is 11.0. The van der Waals surface area contributed by atoms with Gasteiger partial charge in [-0.15, -0.1) is 0 Å². The SMILES string of the molecule is CC[PH+](CC)CC.CC[PH+](CC)CC.CC[PH+](CC)CC.[Cl][Ru]. The summed E-state index contributed by atoms with van der Waals surface area (Å²) in [5.74, 6) is 0. The third-order valence-corrected chi connectivity index (χ3v) is 13.5. The van der Waals surface area contributed by atoms with Crippen LogP contribution in [0.4, 0.5) is 0 Å². The Morgan fingerprint density at radius 3 is 0.478 bits per heavy atom. The van der Waals surface area contributed by atoms with E-state index in [4.69, 9.17) is 0 Å². The van der Waals surface area contributed by atoms with Crippen LogP contribution >= 0.6 is 33.5 Å². The monoisotopic (exact) mass is 494 g/mol. The summed E-state index contributed by atoms with van der Waals surface area (Å²) in [6, 6.07) is 0. The van der Waals surface area contributed by atoms with Gasteiger partial charge in [-0.05, 0) is 86.1 Å². The molecule has 0 heterocycles. The fourth-order valence-electron chi connectivity index (χ4n) is 2.25. The Bertz CT molecular complexity index is 117. The van der Waals surface area contributed by atoms with Crippen LogP contribution in [0.2, 0.25) is 0 Å². The molecule has 0 saturated heterocycles. The van der Waals surface area contributed by atoms with Gasteiger partial charge < -0.3 is 0 Å². The zero-order valence-corrected chi connectivity index (χ0v) is 23.1. The predicted molar refractivity (Wildman–Crippen MR) is 126 cm³/mol. The average Bonchev–Trinajstić information content (AvgIpc) is 2.62. The third-order valence-electron chi connectivity index (χ3n) is 4.50. The topological polar surface area (TPSA) is 0 Å². The van der Waals surface area contributed by atoms with Crippen LogP contribution in [-0.4, -0.2) is 55.5 Å². The Hall–Kier alpha value is 2.20. The van der Waals surface area contributed by atoms with E-state index >= 15 is 0 Å². The van der Waals surface area contributed by atoms with Gasteiger partial charge in [-0.25, -0.2) is 0 Å². The summed E-state index contributed by atoms with van der Waals surface area (Å²) in [5, 5.41) is 0. The van der Waals surface area contributed by atoms with Gasteiger partial charge in [0.2, 0.25) is 0 Å². The first-order valence-corrected chi connectivity index (χ1v) is 18.3. The van der Waals surface area contributed by atoms with Crippen LogP contribution < -0.4 is 0 Å². The Labute approximate surface area is 168 Å². The molecule has 0 unspecified atom stereocenters. The zero-order valence-electron chi connectivity index (χ0n) is 17.6. The molecule has 0 saturated carbocycles. The molecule has 0 nitrogen and oxygen atoms in total. The van der Waals surface area contributed by atoms with Gasteiger partial charge in [-0.2, -0.15) is 0 Å². The van der Waals surface area contributed by atoms with E-state index < -0.39 is 0 Å². The van der Waals surface area contributed by atoms with Crippen LogP contribution in [0.25, 0.3) is 0 Å². The van der Waals surface area contributed by atoms with Crippen molar-refractivity contribution in [3.05, 3.63) is 0 Å². The second-order valence-corrected chi connectivity index (χ2v) is 16.3. The minimum atomic E-state index is 0.137. The number of hydrogen-bond acceptors (Lipinski definition) is 0. The van der Waals surface area contributed by atoms with E-state index in [0.717, 1.165) is 0 Å². The molecular weight excluding hydrogens is 446 g/mol. The molecule has 23 heavy (non-hydrogen) atoms. The molecule has 0 aliphatic rings. The van der Waals surface area contributed by atoms with Crippen molar-refractivity contribution in [3.8, 4) is 0 Å². The quantitative estimate of drug-likeness (QED) is 0.231. The maximum absolute atomic E-state index is 4.57. The number of hydrogen-bond donors (Lipinski definition) is 0. The van der Waals surface area contributed by atoms with Gasteiger partial charge in [0, 0.05) is 0 Å². The van der Waals surface area contributed by atoms with Crippen molar-refractivity contribution < 1.29 is 17.3 Å². The van der Waals surface area contributed by atoms with E-state index in [0.29, 0.717) is 0 Å². The molecule has 0 bridgehead atoms. The summed E-state index contributed by atoms with van der Waals surface area (Å²) < 4.78 is 0. The van der Waals surface area contributed by atoms with Gasteiger partial charge >= 0.3 is 27.0 Å². The molecule has 0 radical (unpaired) electrons. The van der Waals surface area contributed by atoms with Gasteiger partial charge in [0.1, 0.15) is 0 Å². The second-order valence-electron chi connectivity index (χ2n) is 5.43. The molecule has 147 valence electrons. The van der Waals surface area contributed by atoms with Crippen molar-refractivity contribution in [2.45, 2.75) is 62.3 Å². The van der Waals surface area contributed by atoms with Crippen molar-refractivity contribution in [1.82, 2.24) is 0 Å². The van der Waals surface area contributed by atoms with Gasteiger partial charge in [0.05, 0.1) is 55.5 Å². The van der Waals surface area contributed by atoms with Crippen molar-refractivity contribution in [2.24, 2.45) is 0 Å². The van der Waals surface area contributed by atoms with Crippen molar-refractivity contribution in [2.75, 3.05) is 55.5 Å². The molecular formula is C18H48ClP3Ru+3. The molecule has 0 aromatic heterocycles.